The number of aliphatic hydroxyl groups is 1. The van der Waals surface area contributed by atoms with Crippen LogP contribution in [-0.2, 0) is 4.74 Å². The summed E-state index contributed by atoms with van der Waals surface area (Å²) < 4.78 is 18.9. The molecule has 1 fully saturated rings. The van der Waals surface area contributed by atoms with Crippen molar-refractivity contribution in [2.45, 2.75) is 32.0 Å². The van der Waals surface area contributed by atoms with E-state index in [0.29, 0.717) is 13.0 Å². The number of rotatable bonds is 3. The summed E-state index contributed by atoms with van der Waals surface area (Å²) in [4.78, 5) is 11.9. The summed E-state index contributed by atoms with van der Waals surface area (Å²) in [5.41, 5.74) is -0.331. The fraction of sp³-hybridized carbons (Fsp3) is 0.500. The van der Waals surface area contributed by atoms with Gasteiger partial charge in [0.25, 0.3) is 5.91 Å². The molecule has 0 radical (unpaired) electrons. The molecule has 5 heteroatoms. The van der Waals surface area contributed by atoms with Crippen molar-refractivity contribution in [2.75, 3.05) is 13.2 Å². The molecule has 2 atom stereocenters. The van der Waals surface area contributed by atoms with Crippen LogP contribution in [0.5, 0.6) is 0 Å². The molecule has 1 aromatic rings. The highest BCUT2D eigenvalue weighted by Gasteiger charge is 2.39. The average molecular weight is 267 g/mol. The van der Waals surface area contributed by atoms with Crippen LogP contribution in [0.25, 0.3) is 0 Å². The predicted molar refractivity (Wildman–Crippen MR) is 68.5 cm³/mol. The monoisotopic (exact) mass is 267 g/mol. The molecule has 1 heterocycles. The van der Waals surface area contributed by atoms with E-state index in [2.05, 4.69) is 5.32 Å². The molecule has 0 aliphatic carbocycles. The van der Waals surface area contributed by atoms with Gasteiger partial charge in [0.15, 0.2) is 0 Å². The molecule has 0 bridgehead atoms. The second-order valence-corrected chi connectivity index (χ2v) is 5.03. The lowest BCUT2D eigenvalue weighted by Gasteiger charge is -2.26. The van der Waals surface area contributed by atoms with Crippen molar-refractivity contribution >= 4 is 5.91 Å². The number of halogens is 1. The van der Waals surface area contributed by atoms with Gasteiger partial charge >= 0.3 is 0 Å². The fourth-order valence-corrected chi connectivity index (χ4v) is 2.14. The minimum Gasteiger partial charge on any atom is -0.385 e. The van der Waals surface area contributed by atoms with Gasteiger partial charge in [-0.1, -0.05) is 6.07 Å². The highest BCUT2D eigenvalue weighted by Crippen LogP contribution is 2.24. The fourth-order valence-electron chi connectivity index (χ4n) is 2.14. The first-order chi connectivity index (χ1) is 8.92. The third-order valence-electron chi connectivity index (χ3n) is 3.58. The van der Waals surface area contributed by atoms with Gasteiger partial charge in [-0.15, -0.1) is 0 Å². The molecule has 1 aliphatic heterocycles. The van der Waals surface area contributed by atoms with Gasteiger partial charge in [-0.25, -0.2) is 4.39 Å². The molecule has 0 aromatic heterocycles. The molecule has 2 N–H and O–H groups in total. The van der Waals surface area contributed by atoms with E-state index < -0.39 is 17.3 Å². The van der Waals surface area contributed by atoms with Crippen LogP contribution in [0.2, 0.25) is 0 Å². The van der Waals surface area contributed by atoms with E-state index in [4.69, 9.17) is 4.74 Å². The van der Waals surface area contributed by atoms with Crippen molar-refractivity contribution in [2.24, 2.45) is 0 Å². The van der Waals surface area contributed by atoms with Gasteiger partial charge in [-0.2, -0.15) is 0 Å². The zero-order chi connectivity index (χ0) is 14.0. The van der Waals surface area contributed by atoms with Crippen LogP contribution in [0.3, 0.4) is 0 Å². The van der Waals surface area contributed by atoms with E-state index >= 15 is 0 Å². The second kappa shape index (κ2) is 5.27. The molecule has 1 aromatic carbocycles. The zero-order valence-corrected chi connectivity index (χ0v) is 11.1. The molecule has 19 heavy (non-hydrogen) atoms. The van der Waals surface area contributed by atoms with Crippen LogP contribution < -0.4 is 5.32 Å². The number of ether oxygens (including phenoxy) is 1. The number of benzene rings is 1. The van der Waals surface area contributed by atoms with Crippen molar-refractivity contribution in [3.63, 3.8) is 0 Å². The predicted octanol–water partition coefficient (Wildman–Crippen LogP) is 1.40. The number of nitrogens with one attached hydrogen (secondary N) is 1. The van der Waals surface area contributed by atoms with Crippen LogP contribution in [0.15, 0.2) is 18.2 Å². The zero-order valence-electron chi connectivity index (χ0n) is 11.1. The van der Waals surface area contributed by atoms with E-state index in [1.165, 1.54) is 12.1 Å². The van der Waals surface area contributed by atoms with Crippen molar-refractivity contribution in [1.29, 1.82) is 0 Å². The van der Waals surface area contributed by atoms with Crippen LogP contribution >= 0.6 is 0 Å². The Balaban J connectivity index is 2.02. The van der Waals surface area contributed by atoms with Gasteiger partial charge in [0, 0.05) is 19.6 Å². The SMILES string of the molecule is Cc1ccc(C(=O)NCC2(O)CCOC2C)c(F)c1. The van der Waals surface area contributed by atoms with Crippen LogP contribution in [0, 0.1) is 12.7 Å². The van der Waals surface area contributed by atoms with E-state index in [0.717, 1.165) is 5.56 Å². The first-order valence-electron chi connectivity index (χ1n) is 6.31. The average Bonchev–Trinajstić information content (AvgIpc) is 2.67. The Bertz CT molecular complexity index is 492. The molecular weight excluding hydrogens is 249 g/mol. The normalized spacial score (nSPS) is 26.4. The first-order valence-corrected chi connectivity index (χ1v) is 6.31. The Hall–Kier alpha value is -1.46. The molecule has 1 saturated heterocycles. The molecule has 2 rings (SSSR count). The Morgan fingerprint density at radius 2 is 2.37 bits per heavy atom. The van der Waals surface area contributed by atoms with Gasteiger partial charge in [0.1, 0.15) is 11.4 Å². The van der Waals surface area contributed by atoms with E-state index in [1.807, 2.05) is 0 Å². The highest BCUT2D eigenvalue weighted by atomic mass is 19.1. The number of hydrogen-bond acceptors (Lipinski definition) is 3. The smallest absolute Gasteiger partial charge is 0.254 e. The largest absolute Gasteiger partial charge is 0.385 e. The Morgan fingerprint density at radius 3 is 2.95 bits per heavy atom. The summed E-state index contributed by atoms with van der Waals surface area (Å²) in [6.45, 7) is 4.03. The lowest BCUT2D eigenvalue weighted by Crippen LogP contribution is -2.47. The first kappa shape index (κ1) is 14.0. The maximum atomic E-state index is 13.6. The van der Waals surface area contributed by atoms with Crippen molar-refractivity contribution in [3.05, 3.63) is 35.1 Å². The molecule has 2 unspecified atom stereocenters. The van der Waals surface area contributed by atoms with E-state index in [9.17, 15) is 14.3 Å². The topological polar surface area (TPSA) is 58.6 Å². The molecule has 1 aliphatic rings. The highest BCUT2D eigenvalue weighted by molar-refractivity contribution is 5.94. The number of amides is 1. The van der Waals surface area contributed by atoms with Crippen molar-refractivity contribution < 1.29 is 19.0 Å². The van der Waals surface area contributed by atoms with Gasteiger partial charge in [0.05, 0.1) is 11.7 Å². The van der Waals surface area contributed by atoms with Crippen molar-refractivity contribution in [3.8, 4) is 0 Å². The minimum absolute atomic E-state index is 0.0132. The maximum Gasteiger partial charge on any atom is 0.254 e. The molecule has 0 saturated carbocycles. The standard InChI is InChI=1S/C14H18FNO3/c1-9-3-4-11(12(15)7-9)13(17)16-8-14(18)5-6-19-10(14)2/h3-4,7,10,18H,5-6,8H2,1-2H3,(H,16,17). The van der Waals surface area contributed by atoms with Crippen LogP contribution in [-0.4, -0.2) is 35.9 Å². The van der Waals surface area contributed by atoms with Gasteiger partial charge in [0.2, 0.25) is 0 Å². The van der Waals surface area contributed by atoms with Crippen molar-refractivity contribution in [1.82, 2.24) is 5.32 Å². The summed E-state index contributed by atoms with van der Waals surface area (Å²) in [5.74, 6) is -1.08. The summed E-state index contributed by atoms with van der Waals surface area (Å²) in [6, 6.07) is 4.43. The Labute approximate surface area is 111 Å². The van der Waals surface area contributed by atoms with Gasteiger partial charge in [-0.3, -0.25) is 4.79 Å². The van der Waals surface area contributed by atoms with E-state index in [1.54, 1.807) is 19.9 Å². The van der Waals surface area contributed by atoms with Gasteiger partial charge in [-0.05, 0) is 31.5 Å². The van der Waals surface area contributed by atoms with E-state index in [-0.39, 0.29) is 18.2 Å². The number of carbonyl (C=O) groups is 1. The maximum absolute atomic E-state index is 13.6. The summed E-state index contributed by atoms with van der Waals surface area (Å²) in [6.07, 6.45) is 0.126. The third-order valence-corrected chi connectivity index (χ3v) is 3.58. The van der Waals surface area contributed by atoms with Crippen LogP contribution in [0.1, 0.15) is 29.3 Å². The Kier molecular flexibility index (Phi) is 3.87. The molecule has 4 nitrogen and oxygen atoms in total. The molecule has 0 spiro atoms. The lowest BCUT2D eigenvalue weighted by atomic mass is 9.96. The summed E-state index contributed by atoms with van der Waals surface area (Å²) >= 11 is 0. The summed E-state index contributed by atoms with van der Waals surface area (Å²) in [5, 5.41) is 12.8. The summed E-state index contributed by atoms with van der Waals surface area (Å²) in [7, 11) is 0. The Morgan fingerprint density at radius 1 is 1.63 bits per heavy atom. The minimum atomic E-state index is -1.07. The van der Waals surface area contributed by atoms with Gasteiger partial charge < -0.3 is 15.2 Å². The number of hydrogen-bond donors (Lipinski definition) is 2. The molecule has 104 valence electrons. The number of carbonyl (C=O) groups excluding carboxylic acids is 1. The molecular formula is C14H18FNO3. The lowest BCUT2D eigenvalue weighted by molar-refractivity contribution is -0.0251. The van der Waals surface area contributed by atoms with Crippen LogP contribution in [0.4, 0.5) is 4.39 Å². The second-order valence-electron chi connectivity index (χ2n) is 5.03. The quantitative estimate of drug-likeness (QED) is 0.870. The molecule has 1 amide bonds. The number of aryl methyl sites for hydroxylation is 1. The third kappa shape index (κ3) is 2.93.